The summed E-state index contributed by atoms with van der Waals surface area (Å²) in [4.78, 5) is 24.7. The van der Waals surface area contributed by atoms with Crippen LogP contribution in [0.15, 0.2) is 36.9 Å². The molecule has 0 aliphatic rings. The third kappa shape index (κ3) is 5.56. The van der Waals surface area contributed by atoms with Gasteiger partial charge >= 0.3 is 5.97 Å². The largest absolute Gasteiger partial charge is 0.504 e. The van der Waals surface area contributed by atoms with Crippen LogP contribution in [0.1, 0.15) is 6.92 Å². The molecule has 1 rings (SSSR count). The Morgan fingerprint density at radius 3 is 2.71 bits per heavy atom. The van der Waals surface area contributed by atoms with Crippen LogP contribution in [0.5, 0.6) is 11.5 Å². The van der Waals surface area contributed by atoms with Crippen molar-refractivity contribution in [3.8, 4) is 11.5 Å². The number of para-hydroxylation sites is 2. The van der Waals surface area contributed by atoms with Gasteiger partial charge in [0, 0.05) is 6.54 Å². The average molecular weight is 293 g/mol. The maximum Gasteiger partial charge on any atom is 0.325 e. The van der Waals surface area contributed by atoms with Crippen LogP contribution in [0.4, 0.5) is 0 Å². The Bertz CT molecular complexity index is 501. The van der Waals surface area contributed by atoms with Crippen molar-refractivity contribution in [1.29, 1.82) is 0 Å². The van der Waals surface area contributed by atoms with Gasteiger partial charge < -0.3 is 19.5 Å². The van der Waals surface area contributed by atoms with Gasteiger partial charge in [0.2, 0.25) is 0 Å². The zero-order valence-corrected chi connectivity index (χ0v) is 11.9. The zero-order chi connectivity index (χ0) is 15.7. The van der Waals surface area contributed by atoms with Crippen molar-refractivity contribution in [3.05, 3.63) is 36.9 Å². The molecule has 1 N–H and O–H groups in total. The molecule has 0 unspecified atom stereocenters. The van der Waals surface area contributed by atoms with Gasteiger partial charge in [-0.1, -0.05) is 18.2 Å². The highest BCUT2D eigenvalue weighted by molar-refractivity contribution is 5.83. The maximum absolute atomic E-state index is 12.0. The summed E-state index contributed by atoms with van der Waals surface area (Å²) in [6, 6.07) is 6.33. The first kappa shape index (κ1) is 16.6. The molecular weight excluding hydrogens is 274 g/mol. The highest BCUT2D eigenvalue weighted by atomic mass is 16.5. The Hall–Kier alpha value is -2.50. The van der Waals surface area contributed by atoms with Crippen molar-refractivity contribution < 1.29 is 24.2 Å². The van der Waals surface area contributed by atoms with Crippen LogP contribution in [-0.4, -0.2) is 48.2 Å². The van der Waals surface area contributed by atoms with Crippen molar-refractivity contribution in [2.75, 3.05) is 26.3 Å². The Labute approximate surface area is 123 Å². The van der Waals surface area contributed by atoms with Gasteiger partial charge in [0.1, 0.15) is 6.54 Å². The zero-order valence-electron chi connectivity index (χ0n) is 11.9. The number of aromatic hydroxyl groups is 1. The standard InChI is InChI=1S/C15H19NO5/c1-3-9-16(10-15(19)20-4-2)14(18)11-21-13-8-6-5-7-12(13)17/h3,5-8,17H,1,4,9-11H2,2H3. The van der Waals surface area contributed by atoms with E-state index >= 15 is 0 Å². The summed E-state index contributed by atoms with van der Waals surface area (Å²) in [6.07, 6.45) is 1.51. The normalized spacial score (nSPS) is 9.76. The van der Waals surface area contributed by atoms with Crippen LogP contribution in [0.2, 0.25) is 0 Å². The van der Waals surface area contributed by atoms with Crippen molar-refractivity contribution in [2.45, 2.75) is 6.92 Å². The first-order valence-corrected chi connectivity index (χ1v) is 6.53. The molecule has 1 aromatic carbocycles. The second-order valence-corrected chi connectivity index (χ2v) is 4.12. The van der Waals surface area contributed by atoms with Crippen molar-refractivity contribution >= 4 is 11.9 Å². The lowest BCUT2D eigenvalue weighted by molar-refractivity contribution is -0.149. The van der Waals surface area contributed by atoms with Crippen LogP contribution >= 0.6 is 0 Å². The number of rotatable bonds is 8. The number of phenolic OH excluding ortho intramolecular Hbond substituents is 1. The minimum atomic E-state index is -0.491. The number of hydrogen-bond donors (Lipinski definition) is 1. The topological polar surface area (TPSA) is 76.1 Å². The number of esters is 1. The molecule has 0 aromatic heterocycles. The number of phenols is 1. The quantitative estimate of drug-likeness (QED) is 0.578. The Morgan fingerprint density at radius 2 is 2.10 bits per heavy atom. The summed E-state index contributed by atoms with van der Waals surface area (Å²) in [7, 11) is 0. The van der Waals surface area contributed by atoms with Gasteiger partial charge in [0.15, 0.2) is 18.1 Å². The van der Waals surface area contributed by atoms with E-state index in [1.54, 1.807) is 25.1 Å². The van der Waals surface area contributed by atoms with Crippen molar-refractivity contribution in [3.63, 3.8) is 0 Å². The van der Waals surface area contributed by atoms with Crippen LogP contribution < -0.4 is 4.74 Å². The number of benzene rings is 1. The molecule has 0 saturated heterocycles. The minimum absolute atomic E-state index is 0.0500. The van der Waals surface area contributed by atoms with E-state index in [0.29, 0.717) is 0 Å². The van der Waals surface area contributed by atoms with Crippen LogP contribution in [-0.2, 0) is 14.3 Å². The molecule has 0 spiro atoms. The molecule has 21 heavy (non-hydrogen) atoms. The predicted molar refractivity (Wildman–Crippen MR) is 77.0 cm³/mol. The molecule has 0 aliphatic heterocycles. The Balaban J connectivity index is 2.58. The van der Waals surface area contributed by atoms with Crippen LogP contribution in [0, 0.1) is 0 Å². The number of amides is 1. The van der Waals surface area contributed by atoms with E-state index in [-0.39, 0.29) is 37.8 Å². The van der Waals surface area contributed by atoms with Gasteiger partial charge in [-0.3, -0.25) is 9.59 Å². The minimum Gasteiger partial charge on any atom is -0.504 e. The highest BCUT2D eigenvalue weighted by Crippen LogP contribution is 2.24. The smallest absolute Gasteiger partial charge is 0.325 e. The Kier molecular flexibility index (Phi) is 6.80. The average Bonchev–Trinajstić information content (AvgIpc) is 2.46. The highest BCUT2D eigenvalue weighted by Gasteiger charge is 2.17. The lowest BCUT2D eigenvalue weighted by atomic mass is 10.3. The monoisotopic (exact) mass is 293 g/mol. The van der Waals surface area contributed by atoms with E-state index in [4.69, 9.17) is 9.47 Å². The molecular formula is C15H19NO5. The first-order chi connectivity index (χ1) is 10.1. The SMILES string of the molecule is C=CCN(CC(=O)OCC)C(=O)COc1ccccc1O. The van der Waals surface area contributed by atoms with E-state index in [1.165, 1.54) is 17.0 Å². The first-order valence-electron chi connectivity index (χ1n) is 6.53. The van der Waals surface area contributed by atoms with E-state index in [9.17, 15) is 14.7 Å². The van der Waals surface area contributed by atoms with Gasteiger partial charge in [0.25, 0.3) is 5.91 Å². The second-order valence-electron chi connectivity index (χ2n) is 4.12. The second kappa shape index (κ2) is 8.63. The molecule has 0 fully saturated rings. The summed E-state index contributed by atoms with van der Waals surface area (Å²) >= 11 is 0. The third-order valence-corrected chi connectivity index (χ3v) is 2.54. The third-order valence-electron chi connectivity index (χ3n) is 2.54. The molecule has 6 nitrogen and oxygen atoms in total. The van der Waals surface area contributed by atoms with Gasteiger partial charge in [0.05, 0.1) is 6.61 Å². The van der Waals surface area contributed by atoms with E-state index in [1.807, 2.05) is 0 Å². The van der Waals surface area contributed by atoms with Gasteiger partial charge in [-0.25, -0.2) is 0 Å². The summed E-state index contributed by atoms with van der Waals surface area (Å²) in [5, 5.41) is 9.54. The molecule has 0 heterocycles. The summed E-state index contributed by atoms with van der Waals surface area (Å²) < 4.78 is 10.0. The van der Waals surface area contributed by atoms with Gasteiger partial charge in [-0.05, 0) is 19.1 Å². The number of nitrogens with zero attached hydrogens (tertiary/aromatic N) is 1. The molecule has 0 aliphatic carbocycles. The summed E-state index contributed by atoms with van der Waals surface area (Å²) in [6.45, 7) is 5.25. The molecule has 0 atom stereocenters. The van der Waals surface area contributed by atoms with Gasteiger partial charge in [-0.15, -0.1) is 6.58 Å². The lowest BCUT2D eigenvalue weighted by Gasteiger charge is -2.20. The molecule has 114 valence electrons. The molecule has 1 aromatic rings. The van der Waals surface area contributed by atoms with E-state index in [2.05, 4.69) is 6.58 Å². The number of hydrogen-bond acceptors (Lipinski definition) is 5. The molecule has 0 bridgehead atoms. The van der Waals surface area contributed by atoms with E-state index < -0.39 is 11.9 Å². The predicted octanol–water partition coefficient (Wildman–Crippen LogP) is 1.35. The van der Waals surface area contributed by atoms with Gasteiger partial charge in [-0.2, -0.15) is 0 Å². The fourth-order valence-corrected chi connectivity index (χ4v) is 1.58. The number of ether oxygens (including phenoxy) is 2. The fraction of sp³-hybridized carbons (Fsp3) is 0.333. The van der Waals surface area contributed by atoms with Crippen molar-refractivity contribution in [1.82, 2.24) is 4.90 Å². The number of carbonyl (C=O) groups is 2. The summed E-state index contributed by atoms with van der Waals surface area (Å²) in [5.41, 5.74) is 0. The Morgan fingerprint density at radius 1 is 1.38 bits per heavy atom. The fourth-order valence-electron chi connectivity index (χ4n) is 1.58. The molecule has 0 radical (unpaired) electrons. The maximum atomic E-state index is 12.0. The van der Waals surface area contributed by atoms with Crippen molar-refractivity contribution in [2.24, 2.45) is 0 Å². The molecule has 6 heteroatoms. The number of carbonyl (C=O) groups excluding carboxylic acids is 2. The van der Waals surface area contributed by atoms with E-state index in [0.717, 1.165) is 0 Å². The molecule has 1 amide bonds. The lowest BCUT2D eigenvalue weighted by Crippen LogP contribution is -2.39. The summed E-state index contributed by atoms with van der Waals surface area (Å²) in [5.74, 6) is -0.729. The van der Waals surface area contributed by atoms with Crippen LogP contribution in [0.25, 0.3) is 0 Å². The molecule has 0 saturated carbocycles. The van der Waals surface area contributed by atoms with Crippen LogP contribution in [0.3, 0.4) is 0 Å².